The summed E-state index contributed by atoms with van der Waals surface area (Å²) in [6.07, 6.45) is 1.95. The van der Waals surface area contributed by atoms with E-state index in [1.165, 1.54) is 17.3 Å². The molecule has 1 heterocycles. The number of hydrogen-bond acceptors (Lipinski definition) is 5. The second kappa shape index (κ2) is 4.69. The predicted octanol–water partition coefficient (Wildman–Crippen LogP) is 2.77. The lowest BCUT2D eigenvalue weighted by atomic mass is 10.0. The molecule has 0 saturated carbocycles. The van der Waals surface area contributed by atoms with Gasteiger partial charge in [0.15, 0.2) is 0 Å². The molecule has 2 rings (SSSR count). The van der Waals surface area contributed by atoms with Crippen LogP contribution in [0.2, 0.25) is 0 Å². The summed E-state index contributed by atoms with van der Waals surface area (Å²) in [5, 5.41) is 12.7. The number of rotatable bonds is 2. The van der Waals surface area contributed by atoms with Gasteiger partial charge in [-0.25, -0.2) is 0 Å². The van der Waals surface area contributed by atoms with Gasteiger partial charge in [-0.3, -0.25) is 0 Å². The molecule has 1 unspecified atom stereocenters. The van der Waals surface area contributed by atoms with Crippen molar-refractivity contribution < 1.29 is 9.94 Å². The topological polar surface area (TPSA) is 41.8 Å². The van der Waals surface area contributed by atoms with Gasteiger partial charge in [-0.1, -0.05) is 29.4 Å². The third kappa shape index (κ3) is 1.73. The molecular formula is C11H13NO2S2. The Morgan fingerprint density at radius 3 is 2.88 bits per heavy atom. The molecular weight excluding hydrogens is 242 g/mol. The normalized spacial score (nSPS) is 26.8. The van der Waals surface area contributed by atoms with Crippen molar-refractivity contribution in [1.29, 1.82) is 0 Å². The van der Waals surface area contributed by atoms with Crippen LogP contribution >= 0.6 is 23.5 Å². The maximum absolute atomic E-state index is 9.22. The first kappa shape index (κ1) is 11.8. The quantitative estimate of drug-likeness (QED) is 0.501. The van der Waals surface area contributed by atoms with Gasteiger partial charge in [0.1, 0.15) is 5.71 Å². The standard InChI is InChI=1S/C11H13NO2S2/c1-14-11(15-2)10(12-13)9-6-4-3-5-8(9)7-16-11/h3-6,13H,7H2,1-2H3/b12-10+. The van der Waals surface area contributed by atoms with E-state index in [9.17, 15) is 5.21 Å². The summed E-state index contributed by atoms with van der Waals surface area (Å²) in [6.45, 7) is 0. The van der Waals surface area contributed by atoms with Gasteiger partial charge in [-0.15, -0.1) is 23.5 Å². The smallest absolute Gasteiger partial charge is 0.207 e. The Balaban J connectivity index is 2.53. The van der Waals surface area contributed by atoms with Gasteiger partial charge < -0.3 is 9.94 Å². The van der Waals surface area contributed by atoms with Gasteiger partial charge in [0.2, 0.25) is 4.27 Å². The largest absolute Gasteiger partial charge is 0.410 e. The minimum Gasteiger partial charge on any atom is -0.410 e. The Hall–Kier alpha value is -0.650. The number of hydrogen-bond donors (Lipinski definition) is 1. The molecule has 3 nitrogen and oxygen atoms in total. The Labute approximate surface area is 103 Å². The molecule has 1 aromatic carbocycles. The maximum Gasteiger partial charge on any atom is 0.207 e. The third-order valence-corrected chi connectivity index (χ3v) is 5.56. The van der Waals surface area contributed by atoms with Gasteiger partial charge in [-0.05, 0) is 11.8 Å². The van der Waals surface area contributed by atoms with Crippen molar-refractivity contribution in [3.05, 3.63) is 35.4 Å². The van der Waals surface area contributed by atoms with Gasteiger partial charge in [0.25, 0.3) is 0 Å². The van der Waals surface area contributed by atoms with Crippen LogP contribution in [0.25, 0.3) is 0 Å². The van der Waals surface area contributed by atoms with E-state index >= 15 is 0 Å². The minimum absolute atomic E-state index is 0.592. The van der Waals surface area contributed by atoms with Crippen LogP contribution in [0.4, 0.5) is 0 Å². The molecule has 0 aromatic heterocycles. The van der Waals surface area contributed by atoms with Crippen molar-refractivity contribution in [2.45, 2.75) is 10.0 Å². The highest BCUT2D eigenvalue weighted by Crippen LogP contribution is 2.45. The average Bonchev–Trinajstić information content (AvgIpc) is 2.37. The van der Waals surface area contributed by atoms with Crippen LogP contribution in [0.3, 0.4) is 0 Å². The minimum atomic E-state index is -0.594. The third-order valence-electron chi connectivity index (χ3n) is 2.62. The number of ether oxygens (including phenoxy) is 1. The number of methoxy groups -OCH3 is 1. The van der Waals surface area contributed by atoms with E-state index < -0.39 is 4.27 Å². The van der Waals surface area contributed by atoms with Crippen LogP contribution in [0.1, 0.15) is 11.1 Å². The summed E-state index contributed by atoms with van der Waals surface area (Å²) in [5.74, 6) is 0.865. The van der Waals surface area contributed by atoms with E-state index in [1.54, 1.807) is 18.9 Å². The molecule has 1 aromatic rings. The molecule has 1 N–H and O–H groups in total. The highest BCUT2D eigenvalue weighted by molar-refractivity contribution is 8.18. The van der Waals surface area contributed by atoms with Crippen molar-refractivity contribution in [3.8, 4) is 0 Å². The number of nitrogens with zero attached hydrogens (tertiary/aromatic N) is 1. The lowest BCUT2D eigenvalue weighted by molar-refractivity contribution is 0.190. The van der Waals surface area contributed by atoms with Crippen LogP contribution < -0.4 is 0 Å². The highest BCUT2D eigenvalue weighted by Gasteiger charge is 2.41. The summed E-state index contributed by atoms with van der Waals surface area (Å²) in [6, 6.07) is 7.95. The summed E-state index contributed by atoms with van der Waals surface area (Å²) in [5.41, 5.74) is 2.75. The number of oxime groups is 1. The SMILES string of the molecule is COC1(SC)SCc2ccccc2/C1=N\O. The average molecular weight is 255 g/mol. The zero-order valence-corrected chi connectivity index (χ0v) is 10.8. The summed E-state index contributed by atoms with van der Waals surface area (Å²) < 4.78 is 4.93. The van der Waals surface area contributed by atoms with E-state index in [0.717, 1.165) is 11.3 Å². The van der Waals surface area contributed by atoms with Gasteiger partial charge >= 0.3 is 0 Å². The molecule has 1 aliphatic heterocycles. The first-order valence-electron chi connectivity index (χ1n) is 4.82. The fourth-order valence-corrected chi connectivity index (χ4v) is 3.95. The first-order chi connectivity index (χ1) is 7.77. The summed E-state index contributed by atoms with van der Waals surface area (Å²) in [7, 11) is 1.64. The van der Waals surface area contributed by atoms with E-state index in [1.807, 2.05) is 30.5 Å². The Kier molecular flexibility index (Phi) is 3.47. The Morgan fingerprint density at radius 1 is 1.50 bits per heavy atom. The van der Waals surface area contributed by atoms with Crippen molar-refractivity contribution in [1.82, 2.24) is 0 Å². The molecule has 0 fully saturated rings. The number of thioether (sulfide) groups is 2. The molecule has 86 valence electrons. The second-order valence-electron chi connectivity index (χ2n) is 3.36. The van der Waals surface area contributed by atoms with Crippen LogP contribution in [-0.4, -0.2) is 28.5 Å². The van der Waals surface area contributed by atoms with Crippen molar-refractivity contribution in [3.63, 3.8) is 0 Å². The molecule has 5 heteroatoms. The fraction of sp³-hybridized carbons (Fsp3) is 0.364. The molecule has 0 radical (unpaired) electrons. The Morgan fingerprint density at radius 2 is 2.25 bits per heavy atom. The second-order valence-corrected chi connectivity index (χ2v) is 5.75. The van der Waals surface area contributed by atoms with E-state index in [2.05, 4.69) is 5.16 Å². The molecule has 0 spiro atoms. The molecule has 0 saturated heterocycles. The fourth-order valence-electron chi connectivity index (χ4n) is 1.79. The van der Waals surface area contributed by atoms with E-state index in [-0.39, 0.29) is 0 Å². The zero-order chi connectivity index (χ0) is 11.6. The molecule has 0 bridgehead atoms. The molecule has 0 aliphatic carbocycles. The lowest BCUT2D eigenvalue weighted by Gasteiger charge is -2.34. The zero-order valence-electron chi connectivity index (χ0n) is 9.14. The number of benzene rings is 1. The highest BCUT2D eigenvalue weighted by atomic mass is 32.2. The van der Waals surface area contributed by atoms with Crippen molar-refractivity contribution in [2.24, 2.45) is 5.16 Å². The van der Waals surface area contributed by atoms with Crippen LogP contribution in [0.5, 0.6) is 0 Å². The van der Waals surface area contributed by atoms with Crippen LogP contribution in [0.15, 0.2) is 29.4 Å². The molecule has 16 heavy (non-hydrogen) atoms. The molecule has 1 atom stereocenters. The van der Waals surface area contributed by atoms with Crippen LogP contribution in [0, 0.1) is 0 Å². The molecule has 0 amide bonds. The Bertz CT molecular complexity index is 416. The van der Waals surface area contributed by atoms with Gasteiger partial charge in [0.05, 0.1) is 0 Å². The lowest BCUT2D eigenvalue weighted by Crippen LogP contribution is -2.37. The summed E-state index contributed by atoms with van der Waals surface area (Å²) in [4.78, 5) is 0. The van der Waals surface area contributed by atoms with Crippen molar-refractivity contribution in [2.75, 3.05) is 13.4 Å². The van der Waals surface area contributed by atoms with Gasteiger partial charge in [-0.2, -0.15) is 0 Å². The van der Waals surface area contributed by atoms with Gasteiger partial charge in [0, 0.05) is 18.4 Å². The first-order valence-corrected chi connectivity index (χ1v) is 7.03. The number of fused-ring (bicyclic) bond motifs is 1. The molecule has 1 aliphatic rings. The van der Waals surface area contributed by atoms with E-state index in [0.29, 0.717) is 5.71 Å². The summed E-state index contributed by atoms with van der Waals surface area (Å²) >= 11 is 3.18. The predicted molar refractivity (Wildman–Crippen MR) is 69.3 cm³/mol. The van der Waals surface area contributed by atoms with Crippen molar-refractivity contribution >= 4 is 29.2 Å². The monoisotopic (exact) mass is 255 g/mol. The maximum atomic E-state index is 9.22. The van der Waals surface area contributed by atoms with E-state index in [4.69, 9.17) is 4.74 Å². The van der Waals surface area contributed by atoms with Crippen LogP contribution in [-0.2, 0) is 10.5 Å².